The van der Waals surface area contributed by atoms with Gasteiger partial charge in [-0.1, -0.05) is 153 Å². The molecular formula is C50H36N4. The minimum atomic E-state index is -0.299. The highest BCUT2D eigenvalue weighted by Crippen LogP contribution is 2.49. The quantitative estimate of drug-likeness (QED) is 0.196. The average Bonchev–Trinajstić information content (AvgIpc) is 3.66. The minimum Gasteiger partial charge on any atom is -0.344 e. The zero-order valence-electron chi connectivity index (χ0n) is 30.1. The maximum absolute atomic E-state index is 5.22. The third kappa shape index (κ3) is 4.63. The number of para-hydroxylation sites is 1. The first-order valence-corrected chi connectivity index (χ1v) is 18.7. The SMILES string of the molecule is CC1(C)c2ccccc2-c2ccc(C3N=C(c4ccccc4)N=C(c4ccc5c(-n6c7ccccc7c7cc8ccccc8cc76)cccc5c4)N3)cc21. The van der Waals surface area contributed by atoms with Crippen LogP contribution in [0.25, 0.3) is 60.2 Å². The van der Waals surface area contributed by atoms with Gasteiger partial charge >= 0.3 is 0 Å². The predicted molar refractivity (Wildman–Crippen MR) is 225 cm³/mol. The molecule has 256 valence electrons. The summed E-state index contributed by atoms with van der Waals surface area (Å²) < 4.78 is 2.43. The van der Waals surface area contributed by atoms with Gasteiger partial charge in [0, 0.05) is 32.7 Å². The lowest BCUT2D eigenvalue weighted by Gasteiger charge is -2.26. The maximum Gasteiger partial charge on any atom is 0.159 e. The van der Waals surface area contributed by atoms with Crippen molar-refractivity contribution < 1.29 is 0 Å². The van der Waals surface area contributed by atoms with Crippen LogP contribution in [-0.4, -0.2) is 16.2 Å². The number of rotatable bonds is 4. The molecule has 11 rings (SSSR count). The number of nitrogens with one attached hydrogen (secondary N) is 1. The van der Waals surface area contributed by atoms with Crippen molar-refractivity contribution in [1.82, 2.24) is 9.88 Å². The molecule has 1 N–H and O–H groups in total. The number of benzene rings is 8. The third-order valence-corrected chi connectivity index (χ3v) is 11.6. The summed E-state index contributed by atoms with van der Waals surface area (Å²) in [4.78, 5) is 10.4. The fourth-order valence-electron chi connectivity index (χ4n) is 8.90. The highest BCUT2D eigenvalue weighted by Gasteiger charge is 2.36. The fourth-order valence-corrected chi connectivity index (χ4v) is 8.90. The molecule has 0 saturated heterocycles. The lowest BCUT2D eigenvalue weighted by Crippen LogP contribution is -2.33. The molecule has 0 spiro atoms. The van der Waals surface area contributed by atoms with Crippen LogP contribution in [0.2, 0.25) is 0 Å². The summed E-state index contributed by atoms with van der Waals surface area (Å²) in [6, 6.07) is 61.3. The third-order valence-electron chi connectivity index (χ3n) is 11.6. The summed E-state index contributed by atoms with van der Waals surface area (Å²) >= 11 is 0. The van der Waals surface area contributed by atoms with E-state index in [1.807, 2.05) is 18.2 Å². The van der Waals surface area contributed by atoms with Gasteiger partial charge in [0.25, 0.3) is 0 Å². The summed E-state index contributed by atoms with van der Waals surface area (Å²) in [7, 11) is 0. The molecule has 1 atom stereocenters. The van der Waals surface area contributed by atoms with Gasteiger partial charge in [0.1, 0.15) is 12.0 Å². The Bertz CT molecular complexity index is 3050. The van der Waals surface area contributed by atoms with Crippen LogP contribution in [-0.2, 0) is 5.41 Å². The lowest BCUT2D eigenvalue weighted by atomic mass is 9.82. The molecule has 1 aliphatic carbocycles. The van der Waals surface area contributed by atoms with E-state index in [0.29, 0.717) is 0 Å². The van der Waals surface area contributed by atoms with Crippen molar-refractivity contribution in [3.8, 4) is 16.8 Å². The van der Waals surface area contributed by atoms with E-state index in [9.17, 15) is 0 Å². The zero-order valence-corrected chi connectivity index (χ0v) is 30.1. The lowest BCUT2D eigenvalue weighted by molar-refractivity contribution is 0.645. The fraction of sp³-hybridized carbons (Fsp3) is 0.0800. The molecule has 0 radical (unpaired) electrons. The molecular weight excluding hydrogens is 657 g/mol. The van der Waals surface area contributed by atoms with Gasteiger partial charge in [-0.25, -0.2) is 9.98 Å². The highest BCUT2D eigenvalue weighted by atomic mass is 15.2. The summed E-state index contributed by atoms with van der Waals surface area (Å²) in [5.41, 5.74) is 11.9. The molecule has 8 aromatic carbocycles. The van der Waals surface area contributed by atoms with E-state index in [2.05, 4.69) is 175 Å². The molecule has 54 heavy (non-hydrogen) atoms. The van der Waals surface area contributed by atoms with E-state index in [1.165, 1.54) is 60.2 Å². The van der Waals surface area contributed by atoms with Gasteiger partial charge in [-0.15, -0.1) is 0 Å². The van der Waals surface area contributed by atoms with Crippen LogP contribution in [0.3, 0.4) is 0 Å². The molecule has 1 aliphatic heterocycles. The first-order valence-electron chi connectivity index (χ1n) is 18.7. The predicted octanol–water partition coefficient (Wildman–Crippen LogP) is 11.9. The standard InChI is InChI=1S/C50H36N4/c1-50(2)42-20-10-8-18-38(42)39-26-24-36(29-43(39)50)49-52-47(31-13-4-3-5-14-31)51-48(53-49)35-23-25-37-34(27-35)17-12-22-44(37)54-45-21-11-9-19-40(45)41-28-32-15-6-7-16-33(32)30-46(41)54/h3-30,49H,1-2H3,(H,51,52,53). The van der Waals surface area contributed by atoms with Crippen LogP contribution in [0, 0.1) is 0 Å². The molecule has 2 heterocycles. The second kappa shape index (κ2) is 11.6. The molecule has 0 bridgehead atoms. The highest BCUT2D eigenvalue weighted by molar-refractivity contribution is 6.16. The van der Waals surface area contributed by atoms with Crippen LogP contribution in [0.5, 0.6) is 0 Å². The van der Waals surface area contributed by atoms with Crippen LogP contribution in [0.15, 0.2) is 180 Å². The van der Waals surface area contributed by atoms with Gasteiger partial charge in [0.15, 0.2) is 5.84 Å². The number of hydrogen-bond acceptors (Lipinski definition) is 3. The maximum atomic E-state index is 5.22. The monoisotopic (exact) mass is 692 g/mol. The summed E-state index contributed by atoms with van der Waals surface area (Å²) in [5.74, 6) is 1.54. The van der Waals surface area contributed by atoms with Crippen molar-refractivity contribution in [2.24, 2.45) is 9.98 Å². The smallest absolute Gasteiger partial charge is 0.159 e. The topological polar surface area (TPSA) is 41.7 Å². The molecule has 4 heteroatoms. The van der Waals surface area contributed by atoms with Gasteiger partial charge in [0.2, 0.25) is 0 Å². The van der Waals surface area contributed by atoms with E-state index in [0.717, 1.165) is 39.4 Å². The molecule has 0 fully saturated rings. The Labute approximate surface area is 313 Å². The zero-order chi connectivity index (χ0) is 36.0. The van der Waals surface area contributed by atoms with E-state index in [-0.39, 0.29) is 11.6 Å². The van der Waals surface area contributed by atoms with Crippen LogP contribution >= 0.6 is 0 Å². The molecule has 2 aliphatic rings. The Morgan fingerprint density at radius 2 is 1.26 bits per heavy atom. The van der Waals surface area contributed by atoms with Crippen molar-refractivity contribution in [2.75, 3.05) is 0 Å². The average molecular weight is 693 g/mol. The van der Waals surface area contributed by atoms with Gasteiger partial charge in [0.05, 0.1) is 16.7 Å². The Morgan fingerprint density at radius 1 is 0.519 bits per heavy atom. The molecule has 4 nitrogen and oxygen atoms in total. The van der Waals surface area contributed by atoms with Gasteiger partial charge in [-0.2, -0.15) is 0 Å². The summed E-state index contributed by atoms with van der Waals surface area (Å²) in [6.45, 7) is 4.65. The Hall–Kier alpha value is -6.78. The second-order valence-electron chi connectivity index (χ2n) is 15.1. The summed E-state index contributed by atoms with van der Waals surface area (Å²) in [6.07, 6.45) is -0.299. The van der Waals surface area contributed by atoms with Crippen molar-refractivity contribution in [3.63, 3.8) is 0 Å². The number of nitrogens with zero attached hydrogens (tertiary/aromatic N) is 3. The Balaban J connectivity index is 1.03. The first-order chi connectivity index (χ1) is 26.5. The first kappa shape index (κ1) is 30.8. The van der Waals surface area contributed by atoms with Gasteiger partial charge < -0.3 is 9.88 Å². The Morgan fingerprint density at radius 3 is 2.15 bits per heavy atom. The van der Waals surface area contributed by atoms with E-state index < -0.39 is 0 Å². The number of aromatic nitrogens is 1. The second-order valence-corrected chi connectivity index (χ2v) is 15.1. The van der Waals surface area contributed by atoms with Crippen molar-refractivity contribution in [1.29, 1.82) is 0 Å². The number of fused-ring (bicyclic) bond motifs is 8. The van der Waals surface area contributed by atoms with Crippen molar-refractivity contribution in [3.05, 3.63) is 198 Å². The Kier molecular flexibility index (Phi) is 6.62. The molecule has 0 amide bonds. The largest absolute Gasteiger partial charge is 0.344 e. The van der Waals surface area contributed by atoms with Crippen molar-refractivity contribution in [2.45, 2.75) is 25.4 Å². The number of amidine groups is 2. The molecule has 9 aromatic rings. The van der Waals surface area contributed by atoms with Gasteiger partial charge in [-0.05, 0) is 74.3 Å². The van der Waals surface area contributed by atoms with E-state index in [1.54, 1.807) is 0 Å². The number of aliphatic imine (C=N–C) groups is 2. The number of hydrogen-bond donors (Lipinski definition) is 1. The van der Waals surface area contributed by atoms with Crippen LogP contribution in [0.4, 0.5) is 0 Å². The molecule has 0 saturated carbocycles. The van der Waals surface area contributed by atoms with Crippen LogP contribution in [0.1, 0.15) is 47.8 Å². The normalized spacial score (nSPS) is 15.9. The molecule has 1 aromatic heterocycles. The van der Waals surface area contributed by atoms with Crippen molar-refractivity contribution >= 4 is 55.0 Å². The molecule has 1 unspecified atom stereocenters. The van der Waals surface area contributed by atoms with E-state index in [4.69, 9.17) is 9.98 Å². The summed E-state index contributed by atoms with van der Waals surface area (Å²) in [5, 5.41) is 11.1. The minimum absolute atomic E-state index is 0.0982. The van der Waals surface area contributed by atoms with Gasteiger partial charge in [-0.3, -0.25) is 0 Å². The van der Waals surface area contributed by atoms with Crippen LogP contribution < -0.4 is 5.32 Å². The van der Waals surface area contributed by atoms with E-state index >= 15 is 0 Å².